The van der Waals surface area contributed by atoms with Crippen molar-refractivity contribution in [3.05, 3.63) is 89.2 Å². The number of rotatable bonds is 12. The molecule has 0 spiro atoms. The average molecular weight is 590 g/mol. The number of nitrogens with zero attached hydrogens (tertiary/aromatic N) is 2. The van der Waals surface area contributed by atoms with E-state index in [0.29, 0.717) is 11.3 Å². The van der Waals surface area contributed by atoms with Crippen molar-refractivity contribution in [2.24, 2.45) is 0 Å². The van der Waals surface area contributed by atoms with Crippen LogP contribution in [0, 0.1) is 5.82 Å². The first-order valence-electron chi connectivity index (χ1n) is 12.7. The molecule has 0 heterocycles. The molecule has 3 aromatic carbocycles. The van der Waals surface area contributed by atoms with E-state index < -0.39 is 34.3 Å². The highest BCUT2D eigenvalue weighted by molar-refractivity contribution is 7.92. The highest BCUT2D eigenvalue weighted by atomic mass is 35.5. The van der Waals surface area contributed by atoms with Gasteiger partial charge in [0.2, 0.25) is 11.8 Å². The molecule has 0 saturated heterocycles. The summed E-state index contributed by atoms with van der Waals surface area (Å²) in [6.45, 7) is 4.79. The van der Waals surface area contributed by atoms with Crippen molar-refractivity contribution >= 4 is 39.1 Å². The van der Waals surface area contributed by atoms with Gasteiger partial charge < -0.3 is 15.0 Å². The van der Waals surface area contributed by atoms with E-state index in [1.54, 1.807) is 49.4 Å². The number of nitrogens with one attached hydrogen (secondary N) is 1. The summed E-state index contributed by atoms with van der Waals surface area (Å²) < 4.78 is 47.6. The molecule has 0 aromatic heterocycles. The standard InChI is InChI=1S/C29H33ClFN3O5S/c1-5-27(29(36)32-20(2)3)33(18-21-11-14-23(39-4)15-12-21)28(35)19-34(22-13-16-26(31)25(30)17-22)40(37,38)24-9-7-6-8-10-24/h6-17,20,27H,5,18-19H2,1-4H3,(H,32,36)/t27-/m0/s1. The molecule has 1 N–H and O–H groups in total. The molecular formula is C29H33ClFN3O5S. The summed E-state index contributed by atoms with van der Waals surface area (Å²) in [6, 6.07) is 17.0. The number of hydrogen-bond donors (Lipinski definition) is 1. The molecule has 11 heteroatoms. The second-order valence-corrected chi connectivity index (χ2v) is 11.6. The number of benzene rings is 3. The third kappa shape index (κ3) is 7.51. The van der Waals surface area contributed by atoms with Gasteiger partial charge in [0, 0.05) is 12.6 Å². The Morgan fingerprint density at radius 1 is 1.02 bits per heavy atom. The Hall–Kier alpha value is -3.63. The molecule has 1 atom stereocenters. The smallest absolute Gasteiger partial charge is 0.264 e. The summed E-state index contributed by atoms with van der Waals surface area (Å²) in [4.78, 5) is 28.4. The Kier molecular flexibility index (Phi) is 10.5. The number of anilines is 1. The molecule has 0 saturated carbocycles. The highest BCUT2D eigenvalue weighted by Crippen LogP contribution is 2.28. The van der Waals surface area contributed by atoms with Crippen LogP contribution >= 0.6 is 11.6 Å². The summed E-state index contributed by atoms with van der Waals surface area (Å²) in [5.41, 5.74) is 0.722. The van der Waals surface area contributed by atoms with E-state index in [9.17, 15) is 22.4 Å². The van der Waals surface area contributed by atoms with Crippen LogP contribution in [-0.4, -0.2) is 50.9 Å². The van der Waals surface area contributed by atoms with E-state index in [1.165, 1.54) is 30.2 Å². The summed E-state index contributed by atoms with van der Waals surface area (Å²) >= 11 is 5.99. The third-order valence-electron chi connectivity index (χ3n) is 6.13. The SMILES string of the molecule is CC[C@@H](C(=O)NC(C)C)N(Cc1ccc(OC)cc1)C(=O)CN(c1ccc(F)c(Cl)c1)S(=O)(=O)c1ccccc1. The molecule has 0 aliphatic rings. The summed E-state index contributed by atoms with van der Waals surface area (Å²) in [6.07, 6.45) is 0.286. The van der Waals surface area contributed by atoms with Gasteiger partial charge in [-0.25, -0.2) is 12.8 Å². The van der Waals surface area contributed by atoms with Crippen LogP contribution in [0.5, 0.6) is 5.75 Å². The van der Waals surface area contributed by atoms with Crippen molar-refractivity contribution < 1.29 is 27.1 Å². The number of amides is 2. The second-order valence-electron chi connectivity index (χ2n) is 9.38. The van der Waals surface area contributed by atoms with Crippen molar-refractivity contribution in [3.8, 4) is 5.75 Å². The monoisotopic (exact) mass is 589 g/mol. The molecule has 0 aliphatic heterocycles. The first kappa shape index (κ1) is 30.9. The minimum atomic E-state index is -4.28. The van der Waals surface area contributed by atoms with Gasteiger partial charge in [-0.1, -0.05) is 48.9 Å². The third-order valence-corrected chi connectivity index (χ3v) is 8.21. The molecule has 2 amide bonds. The van der Waals surface area contributed by atoms with Crippen molar-refractivity contribution in [1.82, 2.24) is 10.2 Å². The summed E-state index contributed by atoms with van der Waals surface area (Å²) in [5.74, 6) is -1.09. The Balaban J connectivity index is 2.07. The van der Waals surface area contributed by atoms with Gasteiger partial charge in [0.25, 0.3) is 10.0 Å². The first-order chi connectivity index (χ1) is 19.0. The molecule has 3 aromatic rings. The lowest BCUT2D eigenvalue weighted by Crippen LogP contribution is -2.53. The number of halogens is 2. The molecule has 0 radical (unpaired) electrons. The van der Waals surface area contributed by atoms with Gasteiger partial charge in [0.1, 0.15) is 24.2 Å². The maximum atomic E-state index is 14.0. The van der Waals surface area contributed by atoms with E-state index in [-0.39, 0.29) is 40.5 Å². The van der Waals surface area contributed by atoms with E-state index >= 15 is 0 Å². The fraction of sp³-hybridized carbons (Fsp3) is 0.310. The number of ether oxygens (including phenoxy) is 1. The Bertz CT molecular complexity index is 1420. The minimum absolute atomic E-state index is 0.00711. The average Bonchev–Trinajstić information content (AvgIpc) is 2.93. The van der Waals surface area contributed by atoms with Gasteiger partial charge in [0.05, 0.1) is 22.7 Å². The normalized spacial score (nSPS) is 12.1. The Morgan fingerprint density at radius 2 is 1.68 bits per heavy atom. The Morgan fingerprint density at radius 3 is 2.23 bits per heavy atom. The fourth-order valence-corrected chi connectivity index (χ4v) is 5.72. The van der Waals surface area contributed by atoms with Crippen LogP contribution in [0.4, 0.5) is 10.1 Å². The van der Waals surface area contributed by atoms with Gasteiger partial charge in [-0.2, -0.15) is 0 Å². The number of carbonyl (C=O) groups is 2. The van der Waals surface area contributed by atoms with E-state index in [4.69, 9.17) is 16.3 Å². The summed E-state index contributed by atoms with van der Waals surface area (Å²) in [5, 5.41) is 2.55. The van der Waals surface area contributed by atoms with Crippen molar-refractivity contribution in [3.63, 3.8) is 0 Å². The molecule has 8 nitrogen and oxygen atoms in total. The zero-order valence-electron chi connectivity index (χ0n) is 22.8. The van der Waals surface area contributed by atoms with Crippen molar-refractivity contribution in [2.45, 2.75) is 50.7 Å². The second kappa shape index (κ2) is 13.6. The van der Waals surface area contributed by atoms with Crippen LogP contribution in [0.2, 0.25) is 5.02 Å². The zero-order chi connectivity index (χ0) is 29.4. The molecule has 40 heavy (non-hydrogen) atoms. The van der Waals surface area contributed by atoms with Crippen LogP contribution < -0.4 is 14.4 Å². The zero-order valence-corrected chi connectivity index (χ0v) is 24.4. The molecule has 0 aliphatic carbocycles. The van der Waals surface area contributed by atoms with Gasteiger partial charge in [-0.05, 0) is 68.3 Å². The largest absolute Gasteiger partial charge is 0.497 e. The van der Waals surface area contributed by atoms with E-state index in [0.717, 1.165) is 16.4 Å². The molecule has 0 bridgehead atoms. The Labute approximate surface area is 239 Å². The van der Waals surface area contributed by atoms with Gasteiger partial charge in [0.15, 0.2) is 0 Å². The summed E-state index contributed by atoms with van der Waals surface area (Å²) in [7, 11) is -2.74. The maximum absolute atomic E-state index is 14.0. The lowest BCUT2D eigenvalue weighted by atomic mass is 10.1. The predicted molar refractivity (Wildman–Crippen MR) is 153 cm³/mol. The lowest BCUT2D eigenvalue weighted by molar-refractivity contribution is -0.140. The van der Waals surface area contributed by atoms with Crippen molar-refractivity contribution in [1.29, 1.82) is 0 Å². The number of carbonyl (C=O) groups excluding carboxylic acids is 2. The number of methoxy groups -OCH3 is 1. The lowest BCUT2D eigenvalue weighted by Gasteiger charge is -2.33. The van der Waals surface area contributed by atoms with Crippen LogP contribution in [0.15, 0.2) is 77.7 Å². The van der Waals surface area contributed by atoms with E-state index in [2.05, 4.69) is 5.32 Å². The van der Waals surface area contributed by atoms with Crippen LogP contribution in [0.3, 0.4) is 0 Å². The fourth-order valence-electron chi connectivity index (χ4n) is 4.12. The topological polar surface area (TPSA) is 96.0 Å². The van der Waals surface area contributed by atoms with Gasteiger partial charge in [-0.15, -0.1) is 0 Å². The molecule has 0 unspecified atom stereocenters. The highest BCUT2D eigenvalue weighted by Gasteiger charge is 2.34. The van der Waals surface area contributed by atoms with Crippen molar-refractivity contribution in [2.75, 3.05) is 18.0 Å². The quantitative estimate of drug-likeness (QED) is 0.320. The van der Waals surface area contributed by atoms with Gasteiger partial charge in [-0.3, -0.25) is 13.9 Å². The molecule has 214 valence electrons. The predicted octanol–water partition coefficient (Wildman–Crippen LogP) is 5.02. The van der Waals surface area contributed by atoms with Crippen LogP contribution in [-0.2, 0) is 26.2 Å². The maximum Gasteiger partial charge on any atom is 0.264 e. The van der Waals surface area contributed by atoms with Crippen LogP contribution in [0.1, 0.15) is 32.8 Å². The van der Waals surface area contributed by atoms with Gasteiger partial charge >= 0.3 is 0 Å². The first-order valence-corrected chi connectivity index (χ1v) is 14.5. The number of sulfonamides is 1. The number of hydrogen-bond acceptors (Lipinski definition) is 5. The molecule has 0 fully saturated rings. The molecule has 3 rings (SSSR count). The van der Waals surface area contributed by atoms with E-state index in [1.807, 2.05) is 13.8 Å². The van der Waals surface area contributed by atoms with Crippen LogP contribution in [0.25, 0.3) is 0 Å². The minimum Gasteiger partial charge on any atom is -0.497 e. The molecular weight excluding hydrogens is 557 g/mol.